The number of hydrogen-bond acceptors (Lipinski definition) is 2. The van der Waals surface area contributed by atoms with Gasteiger partial charge < -0.3 is 5.73 Å². The maximum Gasteiger partial charge on any atom is 0.141 e. The van der Waals surface area contributed by atoms with Crippen molar-refractivity contribution >= 4 is 24.0 Å². The molecule has 0 amide bonds. The molecule has 0 aliphatic carbocycles. The van der Waals surface area contributed by atoms with E-state index < -0.39 is 0 Å². The van der Waals surface area contributed by atoms with Crippen molar-refractivity contribution in [3.8, 4) is 0 Å². The molecule has 1 aromatic rings. The van der Waals surface area contributed by atoms with E-state index >= 15 is 0 Å². The van der Waals surface area contributed by atoms with Gasteiger partial charge in [-0.15, -0.1) is 12.4 Å². The van der Waals surface area contributed by atoms with E-state index in [1.807, 2.05) is 6.07 Å². The molecule has 0 bridgehead atoms. The zero-order valence-corrected chi connectivity index (χ0v) is 12.9. The Balaban J connectivity index is 0.00000180. The monoisotopic (exact) mass is 306 g/mol. The van der Waals surface area contributed by atoms with Gasteiger partial charge in [0.15, 0.2) is 0 Å². The van der Waals surface area contributed by atoms with Crippen LogP contribution in [0, 0.1) is 11.2 Å². The largest absolute Gasteiger partial charge is 0.330 e. The van der Waals surface area contributed by atoms with Gasteiger partial charge in [0.1, 0.15) is 5.82 Å². The second-order valence-electron chi connectivity index (χ2n) is 5.58. The highest BCUT2D eigenvalue weighted by Gasteiger charge is 2.34. The Morgan fingerprint density at radius 2 is 2.21 bits per heavy atom. The molecule has 0 saturated carbocycles. The van der Waals surface area contributed by atoms with Gasteiger partial charge in [-0.05, 0) is 49.5 Å². The van der Waals surface area contributed by atoms with Gasteiger partial charge in [-0.1, -0.05) is 24.6 Å². The van der Waals surface area contributed by atoms with Gasteiger partial charge in [-0.3, -0.25) is 4.90 Å². The third-order valence-corrected chi connectivity index (χ3v) is 4.34. The molecule has 1 saturated heterocycles. The third kappa shape index (κ3) is 3.60. The van der Waals surface area contributed by atoms with E-state index in [0.29, 0.717) is 6.54 Å². The summed E-state index contributed by atoms with van der Waals surface area (Å²) in [6.07, 6.45) is 1.11. The van der Waals surface area contributed by atoms with Crippen LogP contribution in [0.3, 0.4) is 0 Å². The second-order valence-corrected chi connectivity index (χ2v) is 5.99. The molecule has 1 aromatic carbocycles. The molecule has 1 aliphatic rings. The van der Waals surface area contributed by atoms with Crippen LogP contribution in [0.5, 0.6) is 0 Å². The van der Waals surface area contributed by atoms with Gasteiger partial charge in [-0.2, -0.15) is 0 Å². The highest BCUT2D eigenvalue weighted by atomic mass is 35.5. The molecular weight excluding hydrogens is 286 g/mol. The first-order chi connectivity index (χ1) is 8.45. The summed E-state index contributed by atoms with van der Waals surface area (Å²) < 4.78 is 13.2. The number of likely N-dealkylation sites (tertiary alicyclic amines) is 1. The van der Waals surface area contributed by atoms with Gasteiger partial charge in [-0.25, -0.2) is 4.39 Å². The first-order valence-electron chi connectivity index (χ1n) is 6.34. The Labute approximate surface area is 125 Å². The molecule has 1 fully saturated rings. The fraction of sp³-hybridized carbons (Fsp3) is 0.571. The zero-order chi connectivity index (χ0) is 13.3. The molecule has 108 valence electrons. The lowest BCUT2D eigenvalue weighted by molar-refractivity contribution is 0.227. The van der Waals surface area contributed by atoms with Crippen molar-refractivity contribution < 1.29 is 4.39 Å². The highest BCUT2D eigenvalue weighted by molar-refractivity contribution is 6.30. The SMILES string of the molecule is CC(c1ccc(F)c(Cl)c1)N1CCC(C)(CN)C1.Cl. The Bertz CT molecular complexity index is 441. The van der Waals surface area contributed by atoms with Gasteiger partial charge in [0.25, 0.3) is 0 Å². The van der Waals surface area contributed by atoms with Crippen molar-refractivity contribution in [3.63, 3.8) is 0 Å². The van der Waals surface area contributed by atoms with Crippen molar-refractivity contribution in [2.45, 2.75) is 26.3 Å². The molecule has 2 atom stereocenters. The van der Waals surface area contributed by atoms with Gasteiger partial charge in [0.2, 0.25) is 0 Å². The minimum atomic E-state index is -0.360. The molecule has 1 heterocycles. The van der Waals surface area contributed by atoms with Gasteiger partial charge in [0, 0.05) is 12.6 Å². The Hall–Kier alpha value is -0.350. The topological polar surface area (TPSA) is 29.3 Å². The summed E-state index contributed by atoms with van der Waals surface area (Å²) in [5.41, 5.74) is 7.08. The normalized spacial score (nSPS) is 25.1. The number of rotatable bonds is 3. The first-order valence-corrected chi connectivity index (χ1v) is 6.72. The van der Waals surface area contributed by atoms with E-state index in [-0.39, 0.29) is 34.7 Å². The average molecular weight is 307 g/mol. The molecule has 0 aromatic heterocycles. The van der Waals surface area contributed by atoms with Crippen molar-refractivity contribution in [1.82, 2.24) is 4.90 Å². The Morgan fingerprint density at radius 3 is 2.74 bits per heavy atom. The molecule has 2 unspecified atom stereocenters. The van der Waals surface area contributed by atoms with Crippen molar-refractivity contribution in [2.24, 2.45) is 11.1 Å². The smallest absolute Gasteiger partial charge is 0.141 e. The first kappa shape index (κ1) is 16.7. The van der Waals surface area contributed by atoms with Crippen LogP contribution in [-0.4, -0.2) is 24.5 Å². The number of nitrogens with zero attached hydrogens (tertiary/aromatic N) is 1. The number of nitrogens with two attached hydrogens (primary N) is 1. The quantitative estimate of drug-likeness (QED) is 0.924. The predicted octanol–water partition coefficient (Wildman–Crippen LogP) is 3.63. The van der Waals surface area contributed by atoms with Crippen LogP contribution in [0.4, 0.5) is 4.39 Å². The fourth-order valence-electron chi connectivity index (χ4n) is 2.54. The van der Waals surface area contributed by atoms with E-state index in [9.17, 15) is 4.39 Å². The van der Waals surface area contributed by atoms with Crippen LogP contribution in [0.25, 0.3) is 0 Å². The lowest BCUT2D eigenvalue weighted by Gasteiger charge is -2.27. The van der Waals surface area contributed by atoms with Crippen molar-refractivity contribution in [3.05, 3.63) is 34.6 Å². The third-order valence-electron chi connectivity index (χ3n) is 4.05. The minimum Gasteiger partial charge on any atom is -0.330 e. The van der Waals surface area contributed by atoms with E-state index in [2.05, 4.69) is 18.7 Å². The van der Waals surface area contributed by atoms with E-state index in [0.717, 1.165) is 25.1 Å². The molecular formula is C14H21Cl2FN2. The zero-order valence-electron chi connectivity index (χ0n) is 11.3. The fourth-order valence-corrected chi connectivity index (χ4v) is 2.73. The van der Waals surface area contributed by atoms with Crippen LogP contribution < -0.4 is 5.73 Å². The lowest BCUT2D eigenvalue weighted by atomic mass is 9.90. The Morgan fingerprint density at radius 1 is 1.53 bits per heavy atom. The van der Waals surface area contributed by atoms with E-state index in [1.165, 1.54) is 6.07 Å². The molecule has 5 heteroatoms. The second kappa shape index (κ2) is 6.40. The lowest BCUT2D eigenvalue weighted by Crippen LogP contribution is -2.32. The maximum atomic E-state index is 13.2. The summed E-state index contributed by atoms with van der Waals surface area (Å²) >= 11 is 5.83. The highest BCUT2D eigenvalue weighted by Crippen LogP contribution is 2.35. The molecule has 0 radical (unpaired) electrons. The summed E-state index contributed by atoms with van der Waals surface area (Å²) in [6, 6.07) is 5.22. The standard InChI is InChI=1S/C14H20ClFN2.ClH/c1-10(11-3-4-13(16)12(15)7-11)18-6-5-14(2,8-17)9-18;/h3-4,7,10H,5-6,8-9,17H2,1-2H3;1H. The van der Waals surface area contributed by atoms with Crippen LogP contribution in [0.15, 0.2) is 18.2 Å². The molecule has 2 N–H and O–H groups in total. The number of benzene rings is 1. The van der Waals surface area contributed by atoms with Crippen molar-refractivity contribution in [1.29, 1.82) is 0 Å². The number of hydrogen-bond donors (Lipinski definition) is 1. The van der Waals surface area contributed by atoms with Crippen LogP contribution >= 0.6 is 24.0 Å². The summed E-state index contributed by atoms with van der Waals surface area (Å²) in [5.74, 6) is -0.360. The van der Waals surface area contributed by atoms with E-state index in [4.69, 9.17) is 17.3 Å². The summed E-state index contributed by atoms with van der Waals surface area (Å²) in [7, 11) is 0. The van der Waals surface area contributed by atoms with Crippen LogP contribution in [0.1, 0.15) is 31.9 Å². The predicted molar refractivity (Wildman–Crippen MR) is 80.4 cm³/mol. The van der Waals surface area contributed by atoms with E-state index in [1.54, 1.807) is 6.07 Å². The Kier molecular flexibility index (Phi) is 5.63. The van der Waals surface area contributed by atoms with Gasteiger partial charge >= 0.3 is 0 Å². The average Bonchev–Trinajstić information content (AvgIpc) is 2.75. The van der Waals surface area contributed by atoms with Crippen LogP contribution in [-0.2, 0) is 0 Å². The van der Waals surface area contributed by atoms with Crippen LogP contribution in [0.2, 0.25) is 5.02 Å². The minimum absolute atomic E-state index is 0. The summed E-state index contributed by atoms with van der Waals surface area (Å²) in [6.45, 7) is 7.08. The van der Waals surface area contributed by atoms with Crippen molar-refractivity contribution in [2.75, 3.05) is 19.6 Å². The number of halogens is 3. The summed E-state index contributed by atoms with van der Waals surface area (Å²) in [5, 5.41) is 0.195. The summed E-state index contributed by atoms with van der Waals surface area (Å²) in [4.78, 5) is 2.39. The maximum absolute atomic E-state index is 13.2. The molecule has 2 rings (SSSR count). The molecule has 1 aliphatic heterocycles. The molecule has 2 nitrogen and oxygen atoms in total. The molecule has 0 spiro atoms. The van der Waals surface area contributed by atoms with Gasteiger partial charge in [0.05, 0.1) is 5.02 Å². The molecule has 19 heavy (non-hydrogen) atoms.